The van der Waals surface area contributed by atoms with Crippen molar-refractivity contribution >= 4 is 23.2 Å². The minimum absolute atomic E-state index is 0.539. The van der Waals surface area contributed by atoms with Crippen LogP contribution in [0.15, 0.2) is 42.5 Å². The Kier molecular flexibility index (Phi) is 5.28. The maximum atomic E-state index is 6.00. The van der Waals surface area contributed by atoms with E-state index >= 15 is 0 Å². The van der Waals surface area contributed by atoms with Gasteiger partial charge >= 0.3 is 0 Å². The lowest BCUT2D eigenvalue weighted by Crippen LogP contribution is -2.29. The molecule has 1 saturated heterocycles. The fraction of sp³-hybridized carbons (Fsp3) is 0.300. The molecule has 1 aliphatic heterocycles. The topological polar surface area (TPSA) is 3.24 Å². The molecule has 0 spiro atoms. The second kappa shape index (κ2) is 7.41. The molecular weight excluding hydrogens is 325 g/mol. The number of hydrogen-bond acceptors (Lipinski definition) is 1. The van der Waals surface area contributed by atoms with Crippen molar-refractivity contribution in [2.75, 3.05) is 13.6 Å². The van der Waals surface area contributed by atoms with E-state index in [9.17, 15) is 0 Å². The lowest BCUT2D eigenvalue weighted by Gasteiger charge is -2.32. The molecule has 2 aromatic carbocycles. The lowest BCUT2D eigenvalue weighted by atomic mass is 9.95. The van der Waals surface area contributed by atoms with Crippen molar-refractivity contribution in [2.24, 2.45) is 0 Å². The molecule has 23 heavy (non-hydrogen) atoms. The third kappa shape index (κ3) is 4.30. The second-order valence-electron chi connectivity index (χ2n) is 6.02. The van der Waals surface area contributed by atoms with Gasteiger partial charge in [0, 0.05) is 27.2 Å². The van der Waals surface area contributed by atoms with E-state index in [0.717, 1.165) is 11.1 Å². The molecular formula is C20H19Cl2N. The number of piperidine rings is 1. The summed E-state index contributed by atoms with van der Waals surface area (Å²) in [6, 6.07) is 14.5. The quantitative estimate of drug-likeness (QED) is 0.613. The van der Waals surface area contributed by atoms with Gasteiger partial charge in [-0.15, -0.1) is 0 Å². The Morgan fingerprint density at radius 1 is 0.913 bits per heavy atom. The Labute approximate surface area is 148 Å². The summed E-state index contributed by atoms with van der Waals surface area (Å²) < 4.78 is 0. The Morgan fingerprint density at radius 3 is 2.22 bits per heavy atom. The number of hydrogen-bond donors (Lipinski definition) is 0. The minimum Gasteiger partial charge on any atom is -0.299 e. The van der Waals surface area contributed by atoms with Gasteiger partial charge in [-0.05, 0) is 62.3 Å². The van der Waals surface area contributed by atoms with Gasteiger partial charge < -0.3 is 0 Å². The molecule has 1 nitrogen and oxygen atoms in total. The molecule has 0 radical (unpaired) electrons. The summed E-state index contributed by atoms with van der Waals surface area (Å²) in [7, 11) is 2.21. The maximum absolute atomic E-state index is 6.00. The van der Waals surface area contributed by atoms with Crippen LogP contribution in [0.25, 0.3) is 0 Å². The van der Waals surface area contributed by atoms with E-state index in [1.807, 2.05) is 12.1 Å². The SMILES string of the molecule is CN1CCCCC1c1ccc(C#Cc2cc(Cl)cc(Cl)c2)cc1. The minimum atomic E-state index is 0.539. The van der Waals surface area contributed by atoms with Crippen molar-refractivity contribution < 1.29 is 0 Å². The number of halogens is 2. The maximum Gasteiger partial charge on any atom is 0.0433 e. The highest BCUT2D eigenvalue weighted by Crippen LogP contribution is 2.29. The average molecular weight is 344 g/mol. The van der Waals surface area contributed by atoms with Crippen LogP contribution in [0.2, 0.25) is 10.0 Å². The molecule has 0 bridgehead atoms. The molecule has 1 atom stereocenters. The van der Waals surface area contributed by atoms with Gasteiger partial charge in [0.1, 0.15) is 0 Å². The van der Waals surface area contributed by atoms with Crippen LogP contribution in [-0.2, 0) is 0 Å². The van der Waals surface area contributed by atoms with E-state index in [1.165, 1.54) is 31.4 Å². The first-order valence-corrected chi connectivity index (χ1v) is 8.66. The summed E-state index contributed by atoms with van der Waals surface area (Å²) >= 11 is 12.0. The summed E-state index contributed by atoms with van der Waals surface area (Å²) in [5.41, 5.74) is 3.21. The summed E-state index contributed by atoms with van der Waals surface area (Å²) in [6.45, 7) is 1.18. The largest absolute Gasteiger partial charge is 0.299 e. The standard InChI is InChI=1S/C20H19Cl2N/c1-23-11-3-2-4-20(23)17-9-7-15(8-10-17)5-6-16-12-18(21)14-19(22)13-16/h7-10,12-14,20H,2-4,11H2,1H3. The zero-order chi connectivity index (χ0) is 16.2. The zero-order valence-electron chi connectivity index (χ0n) is 13.2. The van der Waals surface area contributed by atoms with E-state index < -0.39 is 0 Å². The first-order chi connectivity index (χ1) is 11.1. The van der Waals surface area contributed by atoms with Crippen LogP contribution in [0, 0.1) is 11.8 Å². The number of nitrogens with zero attached hydrogens (tertiary/aromatic N) is 1. The molecule has 0 N–H and O–H groups in total. The lowest BCUT2D eigenvalue weighted by molar-refractivity contribution is 0.187. The molecule has 0 amide bonds. The molecule has 3 heteroatoms. The van der Waals surface area contributed by atoms with Crippen LogP contribution in [-0.4, -0.2) is 18.5 Å². The molecule has 118 valence electrons. The molecule has 1 heterocycles. The molecule has 1 aliphatic rings. The second-order valence-corrected chi connectivity index (χ2v) is 6.90. The van der Waals surface area contributed by atoms with Crippen LogP contribution in [0.5, 0.6) is 0 Å². The van der Waals surface area contributed by atoms with E-state index in [2.05, 4.69) is 48.1 Å². The van der Waals surface area contributed by atoms with Crippen molar-refractivity contribution in [1.29, 1.82) is 0 Å². The fourth-order valence-electron chi connectivity index (χ4n) is 3.06. The van der Waals surface area contributed by atoms with Gasteiger partial charge in [-0.1, -0.05) is 53.6 Å². The van der Waals surface area contributed by atoms with Crippen molar-refractivity contribution in [3.8, 4) is 11.8 Å². The zero-order valence-corrected chi connectivity index (χ0v) is 14.7. The molecule has 0 saturated carbocycles. The third-order valence-corrected chi connectivity index (χ3v) is 4.72. The summed E-state index contributed by atoms with van der Waals surface area (Å²) in [5.74, 6) is 6.30. The Bertz CT molecular complexity index is 720. The summed E-state index contributed by atoms with van der Waals surface area (Å²) in [4.78, 5) is 2.44. The fourth-order valence-corrected chi connectivity index (χ4v) is 3.58. The van der Waals surface area contributed by atoms with Crippen molar-refractivity contribution in [3.05, 3.63) is 69.2 Å². The number of rotatable bonds is 1. The van der Waals surface area contributed by atoms with Crippen LogP contribution in [0.3, 0.4) is 0 Å². The highest BCUT2D eigenvalue weighted by atomic mass is 35.5. The Balaban J connectivity index is 1.76. The average Bonchev–Trinajstić information content (AvgIpc) is 2.53. The highest BCUT2D eigenvalue weighted by Gasteiger charge is 2.20. The van der Waals surface area contributed by atoms with E-state index in [4.69, 9.17) is 23.2 Å². The smallest absolute Gasteiger partial charge is 0.0433 e. The third-order valence-electron chi connectivity index (χ3n) is 4.28. The Hall–Kier alpha value is -1.46. The normalized spacial score (nSPS) is 18.3. The number of likely N-dealkylation sites (tertiary alicyclic amines) is 1. The van der Waals surface area contributed by atoms with Gasteiger partial charge in [-0.3, -0.25) is 4.90 Å². The molecule has 1 unspecified atom stereocenters. The van der Waals surface area contributed by atoms with Gasteiger partial charge in [-0.2, -0.15) is 0 Å². The van der Waals surface area contributed by atoms with Crippen LogP contribution in [0.4, 0.5) is 0 Å². The van der Waals surface area contributed by atoms with Crippen molar-refractivity contribution in [2.45, 2.75) is 25.3 Å². The summed E-state index contributed by atoms with van der Waals surface area (Å²) in [5, 5.41) is 1.22. The monoisotopic (exact) mass is 343 g/mol. The predicted molar refractivity (Wildman–Crippen MR) is 98.1 cm³/mol. The van der Waals surface area contributed by atoms with Gasteiger partial charge in [0.2, 0.25) is 0 Å². The molecule has 1 fully saturated rings. The van der Waals surface area contributed by atoms with Gasteiger partial charge in [0.05, 0.1) is 0 Å². The van der Waals surface area contributed by atoms with Crippen LogP contribution < -0.4 is 0 Å². The molecule has 2 aromatic rings. The summed E-state index contributed by atoms with van der Waals surface area (Å²) in [6.07, 6.45) is 3.85. The predicted octanol–water partition coefficient (Wildman–Crippen LogP) is 5.55. The van der Waals surface area contributed by atoms with Crippen LogP contribution >= 0.6 is 23.2 Å². The number of benzene rings is 2. The van der Waals surface area contributed by atoms with E-state index in [0.29, 0.717) is 16.1 Å². The Morgan fingerprint density at radius 2 is 1.57 bits per heavy atom. The first kappa shape index (κ1) is 16.4. The molecule has 0 aliphatic carbocycles. The molecule has 3 rings (SSSR count). The van der Waals surface area contributed by atoms with Gasteiger partial charge in [0.25, 0.3) is 0 Å². The first-order valence-electron chi connectivity index (χ1n) is 7.90. The van der Waals surface area contributed by atoms with Gasteiger partial charge in [-0.25, -0.2) is 0 Å². The van der Waals surface area contributed by atoms with Gasteiger partial charge in [0.15, 0.2) is 0 Å². The van der Waals surface area contributed by atoms with Crippen molar-refractivity contribution in [1.82, 2.24) is 4.90 Å². The van der Waals surface area contributed by atoms with Crippen LogP contribution in [0.1, 0.15) is 42.0 Å². The highest BCUT2D eigenvalue weighted by molar-refractivity contribution is 6.34. The van der Waals surface area contributed by atoms with E-state index in [-0.39, 0.29) is 0 Å². The molecule has 0 aromatic heterocycles. The van der Waals surface area contributed by atoms with E-state index in [1.54, 1.807) is 6.07 Å². The van der Waals surface area contributed by atoms with Crippen molar-refractivity contribution in [3.63, 3.8) is 0 Å².